The summed E-state index contributed by atoms with van der Waals surface area (Å²) in [6.45, 7) is -1.30. The summed E-state index contributed by atoms with van der Waals surface area (Å²) < 4.78 is 0.359. The van der Waals surface area contributed by atoms with E-state index in [2.05, 4.69) is 10.6 Å². The maximum atomic E-state index is 12.9. The highest BCUT2D eigenvalue weighted by Crippen LogP contribution is 2.38. The highest BCUT2D eigenvalue weighted by Gasteiger charge is 2.35. The molecule has 0 aliphatic carbocycles. The molecule has 1 rings (SSSR count). The highest BCUT2D eigenvalue weighted by atomic mass is 127. The van der Waals surface area contributed by atoms with Gasteiger partial charge in [0.1, 0.15) is 0 Å². The predicted molar refractivity (Wildman–Crippen MR) is 141 cm³/mol. The number of nitrogens with one attached hydrogen (secondary N) is 2. The SMILES string of the molecule is CC(=O)N(C(=O)C(O)CO)c1c(I)c(C(=O)NCCO)c(I)c(C(=O)NCC(O)CO)c1I. The average molecular weight is 805 g/mol. The van der Waals surface area contributed by atoms with Gasteiger partial charge in [0, 0.05) is 23.6 Å². The van der Waals surface area contributed by atoms with Crippen LogP contribution in [0.25, 0.3) is 0 Å². The smallest absolute Gasteiger partial charge is 0.265 e. The number of halogens is 3. The van der Waals surface area contributed by atoms with Crippen molar-refractivity contribution >= 4 is 97.1 Å². The normalized spacial score (nSPS) is 12.6. The molecule has 0 spiro atoms. The van der Waals surface area contributed by atoms with Crippen molar-refractivity contribution in [1.29, 1.82) is 0 Å². The van der Waals surface area contributed by atoms with E-state index in [0.717, 1.165) is 6.92 Å². The maximum absolute atomic E-state index is 12.9. The number of carbonyl (C=O) groups excluding carboxylic acids is 4. The fourth-order valence-corrected chi connectivity index (χ4v) is 7.15. The molecule has 2 atom stereocenters. The molecule has 12 nitrogen and oxygen atoms in total. The van der Waals surface area contributed by atoms with Crippen LogP contribution in [0, 0.1) is 10.7 Å². The number of nitrogens with zero attached hydrogens (tertiary/aromatic N) is 1. The van der Waals surface area contributed by atoms with Gasteiger partial charge in [-0.15, -0.1) is 0 Å². The lowest BCUT2D eigenvalue weighted by molar-refractivity contribution is -0.132. The Labute approximate surface area is 229 Å². The topological polar surface area (TPSA) is 197 Å². The number of imide groups is 1. The van der Waals surface area contributed by atoms with Gasteiger partial charge in [-0.2, -0.15) is 0 Å². The van der Waals surface area contributed by atoms with Gasteiger partial charge in [0.2, 0.25) is 5.91 Å². The second-order valence-electron chi connectivity index (χ2n) is 6.46. The third kappa shape index (κ3) is 7.39. The quantitative estimate of drug-likeness (QED) is 0.138. The summed E-state index contributed by atoms with van der Waals surface area (Å²) in [4.78, 5) is 51.4. The van der Waals surface area contributed by atoms with Crippen LogP contribution in [0.15, 0.2) is 0 Å². The molecule has 15 heteroatoms. The molecule has 1 aromatic carbocycles. The summed E-state index contributed by atoms with van der Waals surface area (Å²) in [6, 6.07) is 0. The zero-order valence-electron chi connectivity index (χ0n) is 17.1. The molecule has 0 heterocycles. The Morgan fingerprint density at radius 1 is 0.879 bits per heavy atom. The number of anilines is 1. The van der Waals surface area contributed by atoms with Crippen molar-refractivity contribution < 1.29 is 44.7 Å². The van der Waals surface area contributed by atoms with E-state index in [1.54, 1.807) is 67.8 Å². The van der Waals surface area contributed by atoms with Crippen LogP contribution in [-0.4, -0.2) is 94.3 Å². The molecule has 33 heavy (non-hydrogen) atoms. The number of hydrogen-bond acceptors (Lipinski definition) is 9. The van der Waals surface area contributed by atoms with Gasteiger partial charge in [0.25, 0.3) is 17.7 Å². The van der Waals surface area contributed by atoms with Gasteiger partial charge in [-0.25, -0.2) is 4.90 Å². The summed E-state index contributed by atoms with van der Waals surface area (Å²) in [5.74, 6) is -3.46. The molecule has 0 aromatic heterocycles. The van der Waals surface area contributed by atoms with E-state index in [1.807, 2.05) is 0 Å². The third-order valence-corrected chi connectivity index (χ3v) is 7.25. The van der Waals surface area contributed by atoms with Crippen molar-refractivity contribution in [3.8, 4) is 0 Å². The van der Waals surface area contributed by atoms with E-state index in [1.165, 1.54) is 0 Å². The number of rotatable bonds is 10. The summed E-state index contributed by atoms with van der Waals surface area (Å²) in [5, 5.41) is 51.4. The van der Waals surface area contributed by atoms with E-state index < -0.39 is 49.1 Å². The molecule has 1 aromatic rings. The van der Waals surface area contributed by atoms with Gasteiger partial charge in [0.15, 0.2) is 6.10 Å². The summed E-state index contributed by atoms with van der Waals surface area (Å²) >= 11 is 5.20. The van der Waals surface area contributed by atoms with E-state index in [4.69, 9.17) is 10.2 Å². The molecule has 7 N–H and O–H groups in total. The van der Waals surface area contributed by atoms with Gasteiger partial charge < -0.3 is 36.2 Å². The minimum atomic E-state index is -1.93. The van der Waals surface area contributed by atoms with Crippen LogP contribution in [0.1, 0.15) is 27.6 Å². The van der Waals surface area contributed by atoms with Gasteiger partial charge in [-0.05, 0) is 67.8 Å². The largest absolute Gasteiger partial charge is 0.395 e. The fraction of sp³-hybridized carbons (Fsp3) is 0.444. The lowest BCUT2D eigenvalue weighted by Crippen LogP contribution is -2.45. The van der Waals surface area contributed by atoms with E-state index in [0.29, 0.717) is 4.90 Å². The molecule has 184 valence electrons. The van der Waals surface area contributed by atoms with Gasteiger partial charge in [-0.3, -0.25) is 19.2 Å². The molecule has 0 saturated heterocycles. The Hall–Kier alpha value is -0.710. The van der Waals surface area contributed by atoms with Crippen molar-refractivity contribution in [3.05, 3.63) is 21.8 Å². The van der Waals surface area contributed by atoms with Crippen molar-refractivity contribution in [2.75, 3.05) is 37.8 Å². The molecule has 0 aliphatic heterocycles. The standard InChI is InChI=1S/C18H22I3N3O9/c1-7(28)24(18(33)9(30)6-27)15-13(20)10(16(31)22-2-3-25)12(19)11(14(15)21)17(32)23-4-8(29)5-26/h8-9,25-27,29-30H,2-6H2,1H3,(H,22,31)(H,23,32). The zero-order chi connectivity index (χ0) is 25.5. The Morgan fingerprint density at radius 3 is 1.82 bits per heavy atom. The Bertz CT molecular complexity index is 929. The van der Waals surface area contributed by atoms with Crippen molar-refractivity contribution in [1.82, 2.24) is 10.6 Å². The monoisotopic (exact) mass is 805 g/mol. The van der Waals surface area contributed by atoms with Crippen LogP contribution >= 0.6 is 67.8 Å². The van der Waals surface area contributed by atoms with E-state index in [-0.39, 0.29) is 47.2 Å². The summed E-state index contributed by atoms with van der Waals surface area (Å²) in [7, 11) is 0. The minimum absolute atomic E-state index is 0.0644. The van der Waals surface area contributed by atoms with Crippen LogP contribution in [0.2, 0.25) is 0 Å². The number of hydrogen-bond donors (Lipinski definition) is 7. The van der Waals surface area contributed by atoms with Gasteiger partial charge >= 0.3 is 0 Å². The highest BCUT2D eigenvalue weighted by molar-refractivity contribution is 14.1. The minimum Gasteiger partial charge on any atom is -0.395 e. The predicted octanol–water partition coefficient (Wildman–Crippen LogP) is -1.46. The first-order valence-corrected chi connectivity index (χ1v) is 12.5. The maximum Gasteiger partial charge on any atom is 0.265 e. The Balaban J connectivity index is 3.86. The third-order valence-electron chi connectivity index (χ3n) is 4.07. The molecule has 4 amide bonds. The van der Waals surface area contributed by atoms with E-state index >= 15 is 0 Å². The molecule has 0 saturated carbocycles. The molecular weight excluding hydrogens is 783 g/mol. The molecule has 0 radical (unpaired) electrons. The number of aliphatic hydroxyl groups is 5. The summed E-state index contributed by atoms with van der Waals surface area (Å²) in [6.07, 6.45) is -3.17. The number of carbonyl (C=O) groups is 4. The van der Waals surface area contributed by atoms with Crippen LogP contribution in [0.5, 0.6) is 0 Å². The molecule has 0 aliphatic rings. The van der Waals surface area contributed by atoms with Gasteiger partial charge in [0.05, 0.1) is 49.9 Å². The Kier molecular flexibility index (Phi) is 12.9. The molecule has 0 bridgehead atoms. The van der Waals surface area contributed by atoms with Crippen LogP contribution in [-0.2, 0) is 9.59 Å². The zero-order valence-corrected chi connectivity index (χ0v) is 23.6. The lowest BCUT2D eigenvalue weighted by Gasteiger charge is -2.27. The number of aliphatic hydroxyl groups excluding tert-OH is 5. The van der Waals surface area contributed by atoms with Crippen LogP contribution < -0.4 is 15.5 Å². The van der Waals surface area contributed by atoms with E-state index in [9.17, 15) is 34.5 Å². The first kappa shape index (κ1) is 30.3. The first-order chi connectivity index (χ1) is 15.4. The number of amides is 4. The number of benzene rings is 1. The average Bonchev–Trinajstić information content (AvgIpc) is 2.77. The molecule has 0 fully saturated rings. The lowest BCUT2D eigenvalue weighted by atomic mass is 10.1. The summed E-state index contributed by atoms with van der Waals surface area (Å²) in [5.41, 5.74) is -0.308. The first-order valence-electron chi connectivity index (χ1n) is 9.24. The van der Waals surface area contributed by atoms with Crippen molar-refractivity contribution in [2.24, 2.45) is 0 Å². The molecular formula is C18H22I3N3O9. The van der Waals surface area contributed by atoms with Crippen LogP contribution in [0.3, 0.4) is 0 Å². The fourth-order valence-electron chi connectivity index (χ4n) is 2.52. The second kappa shape index (κ2) is 14.0. The van der Waals surface area contributed by atoms with Crippen LogP contribution in [0.4, 0.5) is 5.69 Å². The second-order valence-corrected chi connectivity index (χ2v) is 9.69. The van der Waals surface area contributed by atoms with Crippen molar-refractivity contribution in [3.63, 3.8) is 0 Å². The molecule has 2 unspecified atom stereocenters. The van der Waals surface area contributed by atoms with Crippen molar-refractivity contribution in [2.45, 2.75) is 19.1 Å². The Morgan fingerprint density at radius 2 is 1.39 bits per heavy atom. The van der Waals surface area contributed by atoms with Gasteiger partial charge in [-0.1, -0.05) is 0 Å².